The molecule has 0 aromatic rings. The summed E-state index contributed by atoms with van der Waals surface area (Å²) in [6, 6.07) is 0.662. The first-order chi connectivity index (χ1) is 9.28. The Morgan fingerprint density at radius 1 is 1.15 bits per heavy atom. The molecule has 2 aliphatic rings. The highest BCUT2D eigenvalue weighted by molar-refractivity contribution is 5.79. The van der Waals surface area contributed by atoms with E-state index in [-0.39, 0.29) is 12.0 Å². The number of carbonyl (C=O) groups is 1. The monoisotopic (exact) mass is 280 g/mol. The van der Waals surface area contributed by atoms with Crippen molar-refractivity contribution in [1.29, 1.82) is 0 Å². The molecule has 0 aromatic heterocycles. The molecule has 0 aromatic carbocycles. The molecule has 3 nitrogen and oxygen atoms in total. The Kier molecular flexibility index (Phi) is 4.78. The van der Waals surface area contributed by atoms with Crippen LogP contribution < -0.4 is 5.73 Å². The molecule has 0 heterocycles. The molecule has 116 valence electrons. The molecule has 0 radical (unpaired) electrons. The summed E-state index contributed by atoms with van der Waals surface area (Å²) >= 11 is 0. The molecular weight excluding hydrogens is 248 g/mol. The van der Waals surface area contributed by atoms with Gasteiger partial charge < -0.3 is 10.6 Å². The van der Waals surface area contributed by atoms with Crippen LogP contribution in [0.2, 0.25) is 0 Å². The van der Waals surface area contributed by atoms with Crippen LogP contribution in [0.3, 0.4) is 0 Å². The zero-order chi connectivity index (χ0) is 14.9. The molecule has 0 saturated heterocycles. The summed E-state index contributed by atoms with van der Waals surface area (Å²) in [6.45, 7) is 6.90. The standard InChI is InChI=1S/C17H32N2O/c1-12-9-13(11-14(18)10-12)16(20)19(4)15-5-7-17(2,3)8-6-15/h12-15H,5-11,18H2,1-4H3. The van der Waals surface area contributed by atoms with Crippen molar-refractivity contribution in [3.05, 3.63) is 0 Å². The van der Waals surface area contributed by atoms with Crippen molar-refractivity contribution in [2.24, 2.45) is 23.0 Å². The number of hydrogen-bond donors (Lipinski definition) is 1. The zero-order valence-electron chi connectivity index (χ0n) is 13.7. The van der Waals surface area contributed by atoms with E-state index >= 15 is 0 Å². The molecule has 2 aliphatic carbocycles. The summed E-state index contributed by atoms with van der Waals surface area (Å²) in [6.07, 6.45) is 7.75. The molecule has 0 spiro atoms. The van der Waals surface area contributed by atoms with Crippen LogP contribution in [-0.2, 0) is 4.79 Å². The Hall–Kier alpha value is -0.570. The van der Waals surface area contributed by atoms with Crippen molar-refractivity contribution < 1.29 is 4.79 Å². The third-order valence-corrected chi connectivity index (χ3v) is 5.53. The molecule has 0 bridgehead atoms. The van der Waals surface area contributed by atoms with Gasteiger partial charge in [0.1, 0.15) is 0 Å². The van der Waals surface area contributed by atoms with Gasteiger partial charge in [0.2, 0.25) is 5.91 Å². The fourth-order valence-corrected chi connectivity index (χ4v) is 4.10. The minimum absolute atomic E-state index is 0.161. The SMILES string of the molecule is CC1CC(N)CC(C(=O)N(C)C2CCC(C)(C)CC2)C1. The summed E-state index contributed by atoms with van der Waals surface area (Å²) in [7, 11) is 2.01. The van der Waals surface area contributed by atoms with Gasteiger partial charge in [0.05, 0.1) is 0 Å². The van der Waals surface area contributed by atoms with Crippen molar-refractivity contribution >= 4 is 5.91 Å². The van der Waals surface area contributed by atoms with Gasteiger partial charge in [0, 0.05) is 25.0 Å². The van der Waals surface area contributed by atoms with E-state index in [1.807, 2.05) is 11.9 Å². The van der Waals surface area contributed by atoms with Crippen LogP contribution in [0, 0.1) is 17.3 Å². The number of nitrogens with zero attached hydrogens (tertiary/aromatic N) is 1. The zero-order valence-corrected chi connectivity index (χ0v) is 13.7. The van der Waals surface area contributed by atoms with E-state index in [4.69, 9.17) is 5.73 Å². The maximum absolute atomic E-state index is 12.7. The predicted molar refractivity (Wildman–Crippen MR) is 83.3 cm³/mol. The summed E-state index contributed by atoms with van der Waals surface area (Å²) in [4.78, 5) is 14.8. The fourth-order valence-electron chi connectivity index (χ4n) is 4.10. The smallest absolute Gasteiger partial charge is 0.225 e. The maximum Gasteiger partial charge on any atom is 0.225 e. The molecule has 3 unspecified atom stereocenters. The van der Waals surface area contributed by atoms with Crippen molar-refractivity contribution in [2.75, 3.05) is 7.05 Å². The largest absolute Gasteiger partial charge is 0.343 e. The molecular formula is C17H32N2O. The van der Waals surface area contributed by atoms with Crippen molar-refractivity contribution in [3.63, 3.8) is 0 Å². The van der Waals surface area contributed by atoms with Crippen LogP contribution in [0.25, 0.3) is 0 Å². The van der Waals surface area contributed by atoms with Crippen LogP contribution in [0.4, 0.5) is 0 Å². The highest BCUT2D eigenvalue weighted by atomic mass is 16.2. The quantitative estimate of drug-likeness (QED) is 0.844. The topological polar surface area (TPSA) is 46.3 Å². The van der Waals surface area contributed by atoms with E-state index in [2.05, 4.69) is 20.8 Å². The lowest BCUT2D eigenvalue weighted by Crippen LogP contribution is -2.46. The molecule has 3 heteroatoms. The lowest BCUT2D eigenvalue weighted by molar-refractivity contribution is -0.139. The first kappa shape index (κ1) is 15.8. The molecule has 2 N–H and O–H groups in total. The van der Waals surface area contributed by atoms with Crippen molar-refractivity contribution in [2.45, 2.75) is 77.8 Å². The average Bonchev–Trinajstić information content (AvgIpc) is 2.36. The number of carbonyl (C=O) groups excluding carboxylic acids is 1. The van der Waals surface area contributed by atoms with Gasteiger partial charge >= 0.3 is 0 Å². The van der Waals surface area contributed by atoms with Gasteiger partial charge in [0.15, 0.2) is 0 Å². The molecule has 2 rings (SSSR count). The van der Waals surface area contributed by atoms with Crippen LogP contribution in [0.1, 0.15) is 65.7 Å². The first-order valence-corrected chi connectivity index (χ1v) is 8.31. The van der Waals surface area contributed by atoms with E-state index in [1.165, 1.54) is 12.8 Å². The summed E-state index contributed by atoms with van der Waals surface area (Å²) in [5, 5.41) is 0. The van der Waals surface area contributed by atoms with Gasteiger partial charge in [0.25, 0.3) is 0 Å². The summed E-state index contributed by atoms with van der Waals surface area (Å²) < 4.78 is 0. The first-order valence-electron chi connectivity index (χ1n) is 8.31. The second-order valence-electron chi connectivity index (χ2n) is 8.11. The van der Waals surface area contributed by atoms with E-state index in [9.17, 15) is 4.79 Å². The second-order valence-corrected chi connectivity index (χ2v) is 8.11. The number of amides is 1. The van der Waals surface area contributed by atoms with Crippen LogP contribution in [0.15, 0.2) is 0 Å². The third-order valence-electron chi connectivity index (χ3n) is 5.53. The van der Waals surface area contributed by atoms with Crippen LogP contribution >= 0.6 is 0 Å². The number of rotatable bonds is 2. The molecule has 20 heavy (non-hydrogen) atoms. The van der Waals surface area contributed by atoms with E-state index in [0.717, 1.165) is 32.1 Å². The molecule has 3 atom stereocenters. The minimum Gasteiger partial charge on any atom is -0.343 e. The van der Waals surface area contributed by atoms with Gasteiger partial charge in [-0.15, -0.1) is 0 Å². The summed E-state index contributed by atoms with van der Waals surface area (Å²) in [5.41, 5.74) is 6.56. The molecule has 2 saturated carbocycles. The molecule has 2 fully saturated rings. The van der Waals surface area contributed by atoms with Gasteiger partial charge in [-0.2, -0.15) is 0 Å². The Morgan fingerprint density at radius 3 is 2.30 bits per heavy atom. The minimum atomic E-state index is 0.161. The highest BCUT2D eigenvalue weighted by Crippen LogP contribution is 2.37. The lowest BCUT2D eigenvalue weighted by atomic mass is 9.74. The Labute approximate surface area is 124 Å². The van der Waals surface area contributed by atoms with Gasteiger partial charge in [-0.25, -0.2) is 0 Å². The molecule has 1 amide bonds. The molecule has 0 aliphatic heterocycles. The normalized spacial score (nSPS) is 34.8. The van der Waals surface area contributed by atoms with Crippen LogP contribution in [-0.4, -0.2) is 29.9 Å². The van der Waals surface area contributed by atoms with Crippen LogP contribution in [0.5, 0.6) is 0 Å². The van der Waals surface area contributed by atoms with E-state index in [0.29, 0.717) is 23.3 Å². The number of hydrogen-bond acceptors (Lipinski definition) is 2. The summed E-state index contributed by atoms with van der Waals surface area (Å²) in [5.74, 6) is 1.09. The Bertz CT molecular complexity index is 333. The Balaban J connectivity index is 1.92. The lowest BCUT2D eigenvalue weighted by Gasteiger charge is -2.41. The predicted octanol–water partition coefficient (Wildman–Crippen LogP) is 3.18. The Morgan fingerprint density at radius 2 is 1.75 bits per heavy atom. The van der Waals surface area contributed by atoms with Crippen molar-refractivity contribution in [1.82, 2.24) is 4.90 Å². The van der Waals surface area contributed by atoms with Gasteiger partial charge in [-0.05, 0) is 56.3 Å². The second kappa shape index (κ2) is 6.05. The average molecular weight is 280 g/mol. The van der Waals surface area contributed by atoms with E-state index in [1.54, 1.807) is 0 Å². The highest BCUT2D eigenvalue weighted by Gasteiger charge is 2.35. The van der Waals surface area contributed by atoms with Crippen molar-refractivity contribution in [3.8, 4) is 0 Å². The van der Waals surface area contributed by atoms with E-state index < -0.39 is 0 Å². The number of nitrogens with two attached hydrogens (primary N) is 1. The third kappa shape index (κ3) is 3.75. The van der Waals surface area contributed by atoms with Gasteiger partial charge in [-0.1, -0.05) is 20.8 Å². The fraction of sp³-hybridized carbons (Fsp3) is 0.941. The maximum atomic E-state index is 12.7. The van der Waals surface area contributed by atoms with Gasteiger partial charge in [-0.3, -0.25) is 4.79 Å².